The number of halogens is 6. The molecular formula is C24H22F6O3S2. The highest BCUT2D eigenvalue weighted by Crippen LogP contribution is 2.42. The third kappa shape index (κ3) is 6.20. The van der Waals surface area contributed by atoms with E-state index in [1.165, 1.54) is 31.4 Å². The van der Waals surface area contributed by atoms with Crippen LogP contribution in [0.5, 0.6) is 0 Å². The third-order valence-corrected chi connectivity index (χ3v) is 8.43. The van der Waals surface area contributed by atoms with Crippen molar-refractivity contribution in [2.45, 2.75) is 53.1 Å². The van der Waals surface area contributed by atoms with Gasteiger partial charge in [-0.05, 0) is 62.2 Å². The van der Waals surface area contributed by atoms with E-state index in [0.717, 1.165) is 0 Å². The van der Waals surface area contributed by atoms with Crippen molar-refractivity contribution in [1.82, 2.24) is 0 Å². The Balaban J connectivity index is 0.000000287. The third-order valence-electron chi connectivity index (χ3n) is 5.16. The molecule has 0 heterocycles. The van der Waals surface area contributed by atoms with Gasteiger partial charge in [-0.2, -0.15) is 17.6 Å². The minimum Gasteiger partial charge on any atom is -0.743 e. The number of aryl methyl sites for hydroxylation is 1. The van der Waals surface area contributed by atoms with Gasteiger partial charge in [0.2, 0.25) is 0 Å². The van der Waals surface area contributed by atoms with Crippen LogP contribution in [-0.4, -0.2) is 30.6 Å². The molecule has 0 aliphatic rings. The lowest BCUT2D eigenvalue weighted by Crippen LogP contribution is -2.51. The summed E-state index contributed by atoms with van der Waals surface area (Å²) in [5, 5.41) is -6.31. The highest BCUT2D eigenvalue weighted by molar-refractivity contribution is 7.97. The monoisotopic (exact) mass is 536 g/mol. The van der Waals surface area contributed by atoms with Crippen LogP contribution in [0.1, 0.15) is 16.7 Å². The van der Waals surface area contributed by atoms with E-state index < -0.39 is 27.7 Å². The maximum absolute atomic E-state index is 11.8. The summed E-state index contributed by atoms with van der Waals surface area (Å²) in [6.45, 7) is 6.67. The van der Waals surface area contributed by atoms with Crippen LogP contribution in [0.25, 0.3) is 0 Å². The zero-order chi connectivity index (χ0) is 26.6. The van der Waals surface area contributed by atoms with Crippen molar-refractivity contribution < 1.29 is 39.3 Å². The van der Waals surface area contributed by atoms with Gasteiger partial charge in [0.05, 0.1) is 10.9 Å². The minimum atomic E-state index is -6.82. The molecule has 0 N–H and O–H groups in total. The SMILES string of the molecule is Cc1ccc([S+](c2ccccc2)c2ccccc2)c(C)c1C.O=S(=O)([O-])C(F)(F)C(F)(F)C(F)F. The van der Waals surface area contributed by atoms with Crippen molar-refractivity contribution in [2.24, 2.45) is 0 Å². The number of hydrogen-bond acceptors (Lipinski definition) is 3. The van der Waals surface area contributed by atoms with Crippen molar-refractivity contribution in [2.75, 3.05) is 0 Å². The van der Waals surface area contributed by atoms with Gasteiger partial charge in [-0.3, -0.25) is 0 Å². The van der Waals surface area contributed by atoms with Gasteiger partial charge in [0.15, 0.2) is 24.8 Å². The molecule has 0 aliphatic carbocycles. The Morgan fingerprint density at radius 2 is 1.17 bits per heavy atom. The number of benzene rings is 3. The van der Waals surface area contributed by atoms with Gasteiger partial charge in [-0.1, -0.05) is 42.5 Å². The summed E-state index contributed by atoms with van der Waals surface area (Å²) in [7, 11) is -6.86. The molecule has 0 amide bonds. The van der Waals surface area contributed by atoms with E-state index in [0.29, 0.717) is 0 Å². The summed E-state index contributed by atoms with van der Waals surface area (Å²) in [5.74, 6) is -6.19. The van der Waals surface area contributed by atoms with Crippen LogP contribution in [0, 0.1) is 20.8 Å². The van der Waals surface area contributed by atoms with Crippen LogP contribution >= 0.6 is 0 Å². The summed E-state index contributed by atoms with van der Waals surface area (Å²) in [5.41, 5.74) is 4.18. The molecule has 3 aromatic carbocycles. The van der Waals surface area contributed by atoms with E-state index in [1.54, 1.807) is 0 Å². The lowest BCUT2D eigenvalue weighted by Gasteiger charge is -2.27. The first-order valence-corrected chi connectivity index (χ1v) is 12.7. The Labute approximate surface area is 202 Å². The number of alkyl halides is 6. The molecule has 0 unspecified atom stereocenters. The van der Waals surface area contributed by atoms with Gasteiger partial charge in [-0.25, -0.2) is 17.2 Å². The summed E-state index contributed by atoms with van der Waals surface area (Å²) in [4.78, 5) is 4.18. The summed E-state index contributed by atoms with van der Waals surface area (Å²) in [6.07, 6.45) is -4.94. The van der Waals surface area contributed by atoms with Gasteiger partial charge in [-0.15, -0.1) is 0 Å². The quantitative estimate of drug-likeness (QED) is 0.199. The molecule has 0 saturated heterocycles. The van der Waals surface area contributed by atoms with Gasteiger partial charge < -0.3 is 4.55 Å². The van der Waals surface area contributed by atoms with Crippen molar-refractivity contribution in [3.8, 4) is 0 Å². The molecule has 11 heteroatoms. The minimum absolute atomic E-state index is 0.0448. The largest absolute Gasteiger partial charge is 0.743 e. The van der Waals surface area contributed by atoms with E-state index >= 15 is 0 Å². The second-order valence-electron chi connectivity index (χ2n) is 7.46. The Bertz CT molecular complexity index is 1200. The number of rotatable bonds is 6. The molecule has 0 radical (unpaired) electrons. The second kappa shape index (κ2) is 11.0. The van der Waals surface area contributed by atoms with E-state index in [2.05, 4.69) is 93.6 Å². The first-order chi connectivity index (χ1) is 16.1. The maximum atomic E-state index is 11.8. The van der Waals surface area contributed by atoms with E-state index in [4.69, 9.17) is 0 Å². The predicted molar refractivity (Wildman–Crippen MR) is 121 cm³/mol. The van der Waals surface area contributed by atoms with E-state index in [1.807, 2.05) is 0 Å². The molecule has 0 bridgehead atoms. The molecule has 35 heavy (non-hydrogen) atoms. The molecule has 190 valence electrons. The zero-order valence-corrected chi connectivity index (χ0v) is 20.4. The van der Waals surface area contributed by atoms with Crippen molar-refractivity contribution >= 4 is 21.0 Å². The molecule has 0 spiro atoms. The molecule has 3 nitrogen and oxygen atoms in total. The van der Waals surface area contributed by atoms with Crippen molar-refractivity contribution in [3.05, 3.63) is 89.5 Å². The molecule has 0 saturated carbocycles. The van der Waals surface area contributed by atoms with Crippen LogP contribution in [0.15, 0.2) is 87.5 Å². The smallest absolute Gasteiger partial charge is 0.402 e. The van der Waals surface area contributed by atoms with E-state index in [9.17, 15) is 39.3 Å². The second-order valence-corrected chi connectivity index (χ2v) is 10.9. The molecule has 0 aromatic heterocycles. The lowest BCUT2D eigenvalue weighted by molar-refractivity contribution is -0.227. The Morgan fingerprint density at radius 1 is 0.743 bits per heavy atom. The fourth-order valence-electron chi connectivity index (χ4n) is 2.95. The lowest BCUT2D eigenvalue weighted by atomic mass is 10.1. The topological polar surface area (TPSA) is 57.2 Å². The molecule has 0 aliphatic heterocycles. The van der Waals surface area contributed by atoms with Gasteiger partial charge in [0.1, 0.15) is 0 Å². The first kappa shape index (κ1) is 28.7. The Kier molecular flexibility index (Phi) is 9.07. The fourth-order valence-corrected chi connectivity index (χ4v) is 5.67. The number of hydrogen-bond donors (Lipinski definition) is 0. The first-order valence-electron chi connectivity index (χ1n) is 10.0. The molecule has 0 atom stereocenters. The molecule has 3 aromatic rings. The van der Waals surface area contributed by atoms with Crippen LogP contribution < -0.4 is 0 Å². The molecular weight excluding hydrogens is 514 g/mol. The summed E-state index contributed by atoms with van der Waals surface area (Å²) >= 11 is 0. The average Bonchev–Trinajstić information content (AvgIpc) is 2.80. The van der Waals surface area contributed by atoms with Gasteiger partial charge in [0.25, 0.3) is 0 Å². The highest BCUT2D eigenvalue weighted by Gasteiger charge is 2.67. The normalized spacial score (nSPS) is 12.5. The van der Waals surface area contributed by atoms with Crippen LogP contribution in [0.4, 0.5) is 26.3 Å². The summed E-state index contributed by atoms with van der Waals surface area (Å²) < 4.78 is 98.0. The Morgan fingerprint density at radius 3 is 1.51 bits per heavy atom. The molecule has 3 rings (SSSR count). The van der Waals surface area contributed by atoms with E-state index in [-0.39, 0.29) is 10.9 Å². The summed E-state index contributed by atoms with van der Waals surface area (Å²) in [6, 6.07) is 26.2. The highest BCUT2D eigenvalue weighted by atomic mass is 32.2. The van der Waals surface area contributed by atoms with Crippen molar-refractivity contribution in [3.63, 3.8) is 0 Å². The van der Waals surface area contributed by atoms with Crippen molar-refractivity contribution in [1.29, 1.82) is 0 Å². The molecule has 0 fully saturated rings. The van der Waals surface area contributed by atoms with Gasteiger partial charge >= 0.3 is 17.6 Å². The average molecular weight is 537 g/mol. The fraction of sp³-hybridized carbons (Fsp3) is 0.250. The maximum Gasteiger partial charge on any atom is 0.402 e. The standard InChI is InChI=1S/C21H21S.C3H2F6O3S/c1-16-14-15-21(18(3)17(16)2)22(19-10-6-4-7-11-19)20-12-8-5-9-13-20;4-1(5)2(6,7)3(8,9)13(10,11)12/h4-15H,1-3H3;1H,(H,10,11,12)/q+1;/p-1. The van der Waals surface area contributed by atoms with Crippen LogP contribution in [-0.2, 0) is 21.0 Å². The van der Waals surface area contributed by atoms with Crippen LogP contribution in [0.2, 0.25) is 0 Å². The van der Waals surface area contributed by atoms with Gasteiger partial charge in [0, 0.05) is 5.56 Å². The Hall–Kier alpha value is -2.50. The van der Waals surface area contributed by atoms with Crippen LogP contribution in [0.3, 0.4) is 0 Å². The predicted octanol–water partition coefficient (Wildman–Crippen LogP) is 6.73. The zero-order valence-electron chi connectivity index (χ0n) is 18.8.